The SMILES string of the molecule is CCCCc1nc2cnc3cc(Br)sc3c2n1CC1CCN(OC(=O)c2ccccc2)CC1. The maximum Gasteiger partial charge on any atom is 0.357 e. The zero-order valence-electron chi connectivity index (χ0n) is 18.7. The highest BCUT2D eigenvalue weighted by molar-refractivity contribution is 9.11. The Morgan fingerprint density at radius 1 is 1.21 bits per heavy atom. The number of rotatable bonds is 7. The van der Waals surface area contributed by atoms with Crippen LogP contribution in [0.2, 0.25) is 0 Å². The second-order valence-electron chi connectivity index (χ2n) is 8.62. The van der Waals surface area contributed by atoms with Gasteiger partial charge in [-0.15, -0.1) is 16.4 Å². The molecule has 1 aliphatic heterocycles. The number of carbonyl (C=O) groups is 1. The smallest absolute Gasteiger partial charge is 0.357 e. The first-order valence-electron chi connectivity index (χ1n) is 11.6. The van der Waals surface area contributed by atoms with Crippen LogP contribution in [-0.4, -0.2) is 38.7 Å². The Kier molecular flexibility index (Phi) is 6.76. The molecule has 4 heterocycles. The van der Waals surface area contributed by atoms with Gasteiger partial charge in [0.15, 0.2) is 0 Å². The third kappa shape index (κ3) is 4.83. The van der Waals surface area contributed by atoms with Gasteiger partial charge in [0.2, 0.25) is 0 Å². The Morgan fingerprint density at radius 3 is 2.76 bits per heavy atom. The summed E-state index contributed by atoms with van der Waals surface area (Å²) in [6, 6.07) is 11.3. The molecule has 1 aliphatic rings. The summed E-state index contributed by atoms with van der Waals surface area (Å²) in [5.74, 6) is 1.39. The van der Waals surface area contributed by atoms with Crippen molar-refractivity contribution >= 4 is 54.5 Å². The highest BCUT2D eigenvalue weighted by Crippen LogP contribution is 2.35. The zero-order chi connectivity index (χ0) is 22.8. The third-order valence-electron chi connectivity index (χ3n) is 6.29. The second kappa shape index (κ2) is 9.91. The van der Waals surface area contributed by atoms with Crippen molar-refractivity contribution in [2.75, 3.05) is 13.1 Å². The molecule has 0 radical (unpaired) electrons. The van der Waals surface area contributed by atoms with Crippen LogP contribution in [0.3, 0.4) is 0 Å². The van der Waals surface area contributed by atoms with Crippen molar-refractivity contribution in [3.63, 3.8) is 0 Å². The number of unbranched alkanes of at least 4 members (excludes halogenated alkanes) is 1. The van der Waals surface area contributed by atoms with E-state index >= 15 is 0 Å². The van der Waals surface area contributed by atoms with Crippen molar-refractivity contribution in [3.8, 4) is 0 Å². The van der Waals surface area contributed by atoms with Crippen LogP contribution in [0.25, 0.3) is 21.3 Å². The van der Waals surface area contributed by atoms with Crippen molar-refractivity contribution < 1.29 is 9.63 Å². The zero-order valence-corrected chi connectivity index (χ0v) is 21.1. The van der Waals surface area contributed by atoms with Crippen LogP contribution >= 0.6 is 27.3 Å². The highest BCUT2D eigenvalue weighted by Gasteiger charge is 2.25. The normalized spacial score (nSPS) is 15.5. The molecule has 6 nitrogen and oxygen atoms in total. The fourth-order valence-corrected chi connectivity index (χ4v) is 6.10. The molecule has 3 aromatic heterocycles. The van der Waals surface area contributed by atoms with E-state index < -0.39 is 0 Å². The summed E-state index contributed by atoms with van der Waals surface area (Å²) in [5.41, 5.74) is 3.80. The molecular formula is C25H27BrN4O2S. The Morgan fingerprint density at radius 2 is 2.00 bits per heavy atom. The van der Waals surface area contributed by atoms with Gasteiger partial charge in [-0.3, -0.25) is 4.98 Å². The van der Waals surface area contributed by atoms with Crippen LogP contribution in [0.1, 0.15) is 48.8 Å². The van der Waals surface area contributed by atoms with E-state index in [1.54, 1.807) is 23.5 Å². The molecule has 1 saturated heterocycles. The number of aryl methyl sites for hydroxylation is 1. The first-order chi connectivity index (χ1) is 16.1. The van der Waals surface area contributed by atoms with E-state index in [9.17, 15) is 4.79 Å². The Hall–Kier alpha value is -2.29. The number of imidazole rings is 1. The van der Waals surface area contributed by atoms with E-state index in [1.165, 1.54) is 10.2 Å². The van der Waals surface area contributed by atoms with Gasteiger partial charge in [-0.05, 0) is 59.3 Å². The monoisotopic (exact) mass is 526 g/mol. The van der Waals surface area contributed by atoms with Crippen molar-refractivity contribution in [3.05, 3.63) is 57.8 Å². The number of pyridine rings is 1. The topological polar surface area (TPSA) is 60.3 Å². The molecule has 4 aromatic rings. The lowest BCUT2D eigenvalue weighted by atomic mass is 9.97. The van der Waals surface area contributed by atoms with E-state index in [0.29, 0.717) is 11.5 Å². The van der Waals surface area contributed by atoms with Gasteiger partial charge >= 0.3 is 5.97 Å². The third-order valence-corrected chi connectivity index (χ3v) is 7.92. The molecule has 0 unspecified atom stereocenters. The average molecular weight is 527 g/mol. The summed E-state index contributed by atoms with van der Waals surface area (Å²) in [5, 5.41) is 1.81. The number of carbonyl (C=O) groups excluding carboxylic acids is 1. The van der Waals surface area contributed by atoms with Gasteiger partial charge in [-0.1, -0.05) is 31.5 Å². The molecular weight excluding hydrogens is 500 g/mol. The predicted octanol–water partition coefficient (Wildman–Crippen LogP) is 6.24. The number of hydrogen-bond acceptors (Lipinski definition) is 6. The molecule has 0 atom stereocenters. The van der Waals surface area contributed by atoms with Crippen molar-refractivity contribution in [2.45, 2.75) is 45.6 Å². The molecule has 8 heteroatoms. The summed E-state index contributed by atoms with van der Waals surface area (Å²) < 4.78 is 4.73. The molecule has 5 rings (SSSR count). The summed E-state index contributed by atoms with van der Waals surface area (Å²) in [7, 11) is 0. The molecule has 0 aliphatic carbocycles. The van der Waals surface area contributed by atoms with Gasteiger partial charge in [0.05, 0.1) is 31.3 Å². The number of hydrogen-bond donors (Lipinski definition) is 0. The number of hydroxylamine groups is 2. The second-order valence-corrected chi connectivity index (χ2v) is 11.0. The molecule has 0 saturated carbocycles. The van der Waals surface area contributed by atoms with E-state index in [4.69, 9.17) is 9.82 Å². The Bertz CT molecular complexity index is 1260. The fraction of sp³-hybridized carbons (Fsp3) is 0.400. The van der Waals surface area contributed by atoms with Crippen LogP contribution in [-0.2, 0) is 17.8 Å². The van der Waals surface area contributed by atoms with Gasteiger partial charge in [0, 0.05) is 26.1 Å². The lowest BCUT2D eigenvalue weighted by Crippen LogP contribution is -2.36. The lowest BCUT2D eigenvalue weighted by molar-refractivity contribution is -0.126. The van der Waals surface area contributed by atoms with Gasteiger partial charge in [0.1, 0.15) is 11.3 Å². The molecule has 1 fully saturated rings. The maximum absolute atomic E-state index is 12.4. The highest BCUT2D eigenvalue weighted by atomic mass is 79.9. The fourth-order valence-electron chi connectivity index (χ4n) is 4.51. The molecule has 0 spiro atoms. The van der Waals surface area contributed by atoms with Crippen molar-refractivity contribution in [1.82, 2.24) is 19.6 Å². The number of thiophene rings is 1. The predicted molar refractivity (Wildman–Crippen MR) is 135 cm³/mol. The Balaban J connectivity index is 1.33. The van der Waals surface area contributed by atoms with Crippen LogP contribution in [0.15, 0.2) is 46.4 Å². The maximum atomic E-state index is 12.4. The molecule has 33 heavy (non-hydrogen) atoms. The molecule has 172 valence electrons. The summed E-state index contributed by atoms with van der Waals surface area (Å²) in [6.45, 7) is 4.66. The Labute approximate surface area is 205 Å². The molecule has 0 amide bonds. The van der Waals surface area contributed by atoms with E-state index in [-0.39, 0.29) is 5.97 Å². The standard InChI is InChI=1S/C25H27BrN4O2S/c1-2-3-9-22-28-20-15-27-19-14-21(26)33-24(19)23(20)30(22)16-17-10-12-29(13-11-17)32-25(31)18-7-5-4-6-8-18/h4-8,14-15,17H,2-3,9-13,16H2,1H3. The number of aromatic nitrogens is 3. The van der Waals surface area contributed by atoms with Gasteiger partial charge in [-0.2, -0.15) is 0 Å². The number of fused-ring (bicyclic) bond motifs is 3. The minimum atomic E-state index is -0.283. The van der Waals surface area contributed by atoms with Crippen LogP contribution in [0.5, 0.6) is 0 Å². The van der Waals surface area contributed by atoms with Crippen LogP contribution < -0.4 is 0 Å². The van der Waals surface area contributed by atoms with Gasteiger partial charge in [0.25, 0.3) is 0 Å². The lowest BCUT2D eigenvalue weighted by Gasteiger charge is -2.31. The van der Waals surface area contributed by atoms with E-state index in [2.05, 4.69) is 38.5 Å². The first kappa shape index (κ1) is 22.5. The number of piperidine rings is 1. The molecule has 0 N–H and O–H groups in total. The summed E-state index contributed by atoms with van der Waals surface area (Å²) >= 11 is 5.35. The van der Waals surface area contributed by atoms with E-state index in [1.807, 2.05) is 29.5 Å². The van der Waals surface area contributed by atoms with Crippen LogP contribution in [0, 0.1) is 5.92 Å². The number of halogens is 1. The summed E-state index contributed by atoms with van der Waals surface area (Å²) in [4.78, 5) is 27.6. The number of nitrogens with zero attached hydrogens (tertiary/aromatic N) is 4. The van der Waals surface area contributed by atoms with Gasteiger partial charge < -0.3 is 9.40 Å². The summed E-state index contributed by atoms with van der Waals surface area (Å²) in [6.07, 6.45) is 7.13. The van der Waals surface area contributed by atoms with Crippen molar-refractivity contribution in [1.29, 1.82) is 0 Å². The molecule has 1 aromatic carbocycles. The first-order valence-corrected chi connectivity index (χ1v) is 13.2. The van der Waals surface area contributed by atoms with Crippen LogP contribution in [0.4, 0.5) is 0 Å². The molecule has 0 bridgehead atoms. The quantitative estimate of drug-likeness (QED) is 0.285. The van der Waals surface area contributed by atoms with Gasteiger partial charge in [-0.25, -0.2) is 9.78 Å². The number of benzene rings is 1. The van der Waals surface area contributed by atoms with Crippen molar-refractivity contribution in [2.24, 2.45) is 5.92 Å². The minimum absolute atomic E-state index is 0.283. The average Bonchev–Trinajstić information content (AvgIpc) is 3.38. The van der Waals surface area contributed by atoms with E-state index in [0.717, 1.165) is 72.4 Å². The minimum Gasteiger partial charge on any atom is -0.364 e. The largest absolute Gasteiger partial charge is 0.364 e.